The van der Waals surface area contributed by atoms with E-state index >= 15 is 0 Å². The maximum Gasteiger partial charge on any atom is 0.319 e. The van der Waals surface area contributed by atoms with Gasteiger partial charge in [-0.1, -0.05) is 6.92 Å². The molecular formula is C8H19N3O. The van der Waals surface area contributed by atoms with Gasteiger partial charge in [0.25, 0.3) is 0 Å². The fourth-order valence-electron chi connectivity index (χ4n) is 0.861. The second-order valence-corrected chi connectivity index (χ2v) is 2.95. The predicted octanol–water partition coefficient (Wildman–Crippen LogP) is 0.209. The SMILES string of the molecule is CCNCCN(C)C(=O)N(C)C. The van der Waals surface area contributed by atoms with E-state index in [1.807, 2.05) is 6.92 Å². The molecule has 0 fully saturated rings. The molecule has 0 radical (unpaired) electrons. The Morgan fingerprint density at radius 1 is 1.33 bits per heavy atom. The van der Waals surface area contributed by atoms with Crippen molar-refractivity contribution in [3.63, 3.8) is 0 Å². The van der Waals surface area contributed by atoms with E-state index in [0.717, 1.165) is 19.6 Å². The van der Waals surface area contributed by atoms with Crippen molar-refractivity contribution in [3.8, 4) is 0 Å². The van der Waals surface area contributed by atoms with Gasteiger partial charge in [-0.05, 0) is 6.54 Å². The number of urea groups is 1. The van der Waals surface area contributed by atoms with Crippen molar-refractivity contribution in [2.45, 2.75) is 6.92 Å². The first-order chi connectivity index (χ1) is 5.59. The van der Waals surface area contributed by atoms with E-state index in [1.165, 1.54) is 0 Å². The molecule has 0 heterocycles. The van der Waals surface area contributed by atoms with Crippen LogP contribution in [-0.2, 0) is 0 Å². The van der Waals surface area contributed by atoms with Gasteiger partial charge < -0.3 is 15.1 Å². The fourth-order valence-corrected chi connectivity index (χ4v) is 0.861. The average molecular weight is 173 g/mol. The van der Waals surface area contributed by atoms with Gasteiger partial charge in [0.05, 0.1) is 0 Å². The standard InChI is InChI=1S/C8H19N3O/c1-5-9-6-7-11(4)8(12)10(2)3/h9H,5-7H2,1-4H3. The molecule has 0 aromatic heterocycles. The molecule has 0 aliphatic heterocycles. The molecule has 1 N–H and O–H groups in total. The number of amides is 2. The molecule has 0 spiro atoms. The minimum absolute atomic E-state index is 0.0490. The summed E-state index contributed by atoms with van der Waals surface area (Å²) >= 11 is 0. The lowest BCUT2D eigenvalue weighted by Gasteiger charge is -2.21. The van der Waals surface area contributed by atoms with Crippen LogP contribution in [0.2, 0.25) is 0 Å². The zero-order valence-corrected chi connectivity index (χ0v) is 8.42. The van der Waals surface area contributed by atoms with Crippen LogP contribution in [0.4, 0.5) is 4.79 Å². The van der Waals surface area contributed by atoms with Crippen molar-refractivity contribution >= 4 is 6.03 Å². The highest BCUT2D eigenvalue weighted by atomic mass is 16.2. The van der Waals surface area contributed by atoms with E-state index in [2.05, 4.69) is 5.32 Å². The molecule has 12 heavy (non-hydrogen) atoms. The van der Waals surface area contributed by atoms with E-state index in [4.69, 9.17) is 0 Å². The molecule has 4 nitrogen and oxygen atoms in total. The monoisotopic (exact) mass is 173 g/mol. The van der Waals surface area contributed by atoms with E-state index < -0.39 is 0 Å². The minimum atomic E-state index is 0.0490. The van der Waals surface area contributed by atoms with Gasteiger partial charge in [0.15, 0.2) is 0 Å². The van der Waals surface area contributed by atoms with Crippen LogP contribution in [0.5, 0.6) is 0 Å². The lowest BCUT2D eigenvalue weighted by atomic mass is 10.5. The number of nitrogens with one attached hydrogen (secondary N) is 1. The molecular weight excluding hydrogens is 154 g/mol. The molecule has 0 saturated carbocycles. The van der Waals surface area contributed by atoms with Crippen molar-refractivity contribution in [3.05, 3.63) is 0 Å². The molecule has 0 bridgehead atoms. The third-order valence-corrected chi connectivity index (χ3v) is 1.58. The summed E-state index contributed by atoms with van der Waals surface area (Å²) in [5, 5.41) is 3.16. The third-order valence-electron chi connectivity index (χ3n) is 1.58. The Morgan fingerprint density at radius 2 is 1.92 bits per heavy atom. The van der Waals surface area contributed by atoms with Crippen molar-refractivity contribution in [1.82, 2.24) is 15.1 Å². The summed E-state index contributed by atoms with van der Waals surface area (Å²) in [5.74, 6) is 0. The van der Waals surface area contributed by atoms with E-state index in [9.17, 15) is 4.79 Å². The zero-order valence-electron chi connectivity index (χ0n) is 8.42. The third kappa shape index (κ3) is 4.18. The molecule has 0 aromatic rings. The van der Waals surface area contributed by atoms with E-state index in [0.29, 0.717) is 0 Å². The predicted molar refractivity (Wildman–Crippen MR) is 50.3 cm³/mol. The number of rotatable bonds is 4. The Kier molecular flexibility index (Phi) is 5.45. The van der Waals surface area contributed by atoms with Crippen molar-refractivity contribution < 1.29 is 4.79 Å². The highest BCUT2D eigenvalue weighted by Gasteiger charge is 2.08. The topological polar surface area (TPSA) is 35.6 Å². The van der Waals surface area contributed by atoms with Gasteiger partial charge in [0.1, 0.15) is 0 Å². The van der Waals surface area contributed by atoms with Gasteiger partial charge in [-0.2, -0.15) is 0 Å². The zero-order chi connectivity index (χ0) is 9.56. The highest BCUT2D eigenvalue weighted by Crippen LogP contribution is 1.88. The second kappa shape index (κ2) is 5.83. The first-order valence-electron chi connectivity index (χ1n) is 4.22. The molecule has 4 heteroatoms. The van der Waals surface area contributed by atoms with Crippen LogP contribution >= 0.6 is 0 Å². The van der Waals surface area contributed by atoms with Gasteiger partial charge in [-0.25, -0.2) is 4.79 Å². The number of hydrogen-bond acceptors (Lipinski definition) is 2. The summed E-state index contributed by atoms with van der Waals surface area (Å²) in [6.45, 7) is 4.61. The van der Waals surface area contributed by atoms with Crippen LogP contribution in [-0.4, -0.2) is 56.6 Å². The van der Waals surface area contributed by atoms with Crippen molar-refractivity contribution in [1.29, 1.82) is 0 Å². The second-order valence-electron chi connectivity index (χ2n) is 2.95. The Labute approximate surface area is 74.5 Å². The van der Waals surface area contributed by atoms with Gasteiger partial charge in [-0.3, -0.25) is 0 Å². The summed E-state index contributed by atoms with van der Waals surface area (Å²) < 4.78 is 0. The van der Waals surface area contributed by atoms with Gasteiger partial charge in [-0.15, -0.1) is 0 Å². The van der Waals surface area contributed by atoms with Crippen LogP contribution in [0.15, 0.2) is 0 Å². The molecule has 0 aliphatic carbocycles. The molecule has 0 unspecified atom stereocenters. The van der Waals surface area contributed by atoms with Crippen LogP contribution in [0, 0.1) is 0 Å². The summed E-state index contributed by atoms with van der Waals surface area (Å²) in [6.07, 6.45) is 0. The van der Waals surface area contributed by atoms with Crippen LogP contribution in [0.3, 0.4) is 0 Å². The molecule has 0 rings (SSSR count). The van der Waals surface area contributed by atoms with Crippen LogP contribution < -0.4 is 5.32 Å². The molecule has 0 saturated heterocycles. The first-order valence-corrected chi connectivity index (χ1v) is 4.22. The van der Waals surface area contributed by atoms with E-state index in [1.54, 1.807) is 30.9 Å². The van der Waals surface area contributed by atoms with Gasteiger partial charge >= 0.3 is 6.03 Å². The lowest BCUT2D eigenvalue weighted by Crippen LogP contribution is -2.39. The summed E-state index contributed by atoms with van der Waals surface area (Å²) in [7, 11) is 5.32. The quantitative estimate of drug-likeness (QED) is 0.617. The van der Waals surface area contributed by atoms with Gasteiger partial charge in [0.2, 0.25) is 0 Å². The van der Waals surface area contributed by atoms with Crippen molar-refractivity contribution in [2.75, 3.05) is 40.8 Å². The normalized spacial score (nSPS) is 9.67. The molecule has 72 valence electrons. The maximum absolute atomic E-state index is 11.3. The number of carbonyl (C=O) groups is 1. The van der Waals surface area contributed by atoms with Crippen LogP contribution in [0.25, 0.3) is 0 Å². The number of nitrogens with zero attached hydrogens (tertiary/aromatic N) is 2. The molecule has 2 amide bonds. The summed E-state index contributed by atoms with van der Waals surface area (Å²) in [5.41, 5.74) is 0. The van der Waals surface area contributed by atoms with Gasteiger partial charge in [0, 0.05) is 34.2 Å². The smallest absolute Gasteiger partial charge is 0.319 e. The largest absolute Gasteiger partial charge is 0.331 e. The Bertz CT molecular complexity index is 136. The van der Waals surface area contributed by atoms with Crippen LogP contribution in [0.1, 0.15) is 6.92 Å². The Hall–Kier alpha value is -0.770. The fraction of sp³-hybridized carbons (Fsp3) is 0.875. The lowest BCUT2D eigenvalue weighted by molar-refractivity contribution is 0.182. The molecule has 0 atom stereocenters. The minimum Gasteiger partial charge on any atom is -0.331 e. The number of carbonyl (C=O) groups excluding carboxylic acids is 1. The average Bonchev–Trinajstić information content (AvgIpc) is 2.03. The Balaban J connectivity index is 3.57. The van der Waals surface area contributed by atoms with Crippen molar-refractivity contribution in [2.24, 2.45) is 0 Å². The number of likely N-dealkylation sites (N-methyl/N-ethyl adjacent to an activating group) is 2. The first kappa shape index (κ1) is 11.2. The molecule has 0 aliphatic rings. The highest BCUT2D eigenvalue weighted by molar-refractivity contribution is 5.73. The van der Waals surface area contributed by atoms with E-state index in [-0.39, 0.29) is 6.03 Å². The maximum atomic E-state index is 11.3. The number of hydrogen-bond donors (Lipinski definition) is 1. The Morgan fingerprint density at radius 3 is 2.33 bits per heavy atom. The summed E-state index contributed by atoms with van der Waals surface area (Å²) in [4.78, 5) is 14.5. The molecule has 0 aromatic carbocycles. The summed E-state index contributed by atoms with van der Waals surface area (Å²) in [6, 6.07) is 0.0490.